The van der Waals surface area contributed by atoms with E-state index in [1.807, 2.05) is 30.3 Å². The number of rotatable bonds is 7. The number of H-pyrrole nitrogens is 1. The summed E-state index contributed by atoms with van der Waals surface area (Å²) in [6, 6.07) is 23.7. The molecular weight excluding hydrogens is 394 g/mol. The number of anilines is 1. The number of hydrogen-bond acceptors (Lipinski definition) is 4. The zero-order valence-electron chi connectivity index (χ0n) is 16.7. The molecule has 0 aliphatic rings. The van der Waals surface area contributed by atoms with E-state index in [1.54, 1.807) is 48.5 Å². The topological polar surface area (TPSA) is 93.2 Å². The summed E-state index contributed by atoms with van der Waals surface area (Å²) in [5.74, 6) is 0.397. The molecule has 3 aromatic carbocycles. The van der Waals surface area contributed by atoms with Gasteiger partial charge in [0.2, 0.25) is 5.91 Å². The average molecular weight is 415 g/mol. The largest absolute Gasteiger partial charge is 0.489 e. The highest BCUT2D eigenvalue weighted by atomic mass is 16.5. The van der Waals surface area contributed by atoms with Crippen molar-refractivity contribution < 1.29 is 9.53 Å². The Hall–Kier alpha value is -4.13. The molecule has 0 fully saturated rings. The van der Waals surface area contributed by atoms with Gasteiger partial charge in [0.25, 0.3) is 5.56 Å². The second-order valence-electron chi connectivity index (χ2n) is 7.03. The van der Waals surface area contributed by atoms with Gasteiger partial charge < -0.3 is 15.0 Å². The summed E-state index contributed by atoms with van der Waals surface area (Å²) < 4.78 is 6.77. The molecule has 0 unspecified atom stereocenters. The van der Waals surface area contributed by atoms with Gasteiger partial charge in [-0.05, 0) is 42.0 Å². The molecule has 0 saturated carbocycles. The number of nitrogens with zero attached hydrogens (tertiary/aromatic N) is 1. The van der Waals surface area contributed by atoms with Crippen LogP contribution in [0.4, 0.5) is 5.69 Å². The predicted molar refractivity (Wildman–Crippen MR) is 119 cm³/mol. The molecule has 31 heavy (non-hydrogen) atoms. The lowest BCUT2D eigenvalue weighted by atomic mass is 10.2. The Balaban J connectivity index is 1.34. The van der Waals surface area contributed by atoms with Crippen LogP contribution in [-0.2, 0) is 17.9 Å². The van der Waals surface area contributed by atoms with Crippen LogP contribution in [0.1, 0.15) is 12.0 Å². The van der Waals surface area contributed by atoms with Crippen molar-refractivity contribution in [2.75, 3.05) is 5.32 Å². The first kappa shape index (κ1) is 20.2. The molecule has 1 heterocycles. The fraction of sp³-hybridized carbons (Fsp3) is 0.125. The minimum Gasteiger partial charge on any atom is -0.489 e. The molecule has 0 bridgehead atoms. The lowest BCUT2D eigenvalue weighted by Gasteiger charge is -2.09. The molecule has 4 rings (SSSR count). The Morgan fingerprint density at radius 3 is 2.39 bits per heavy atom. The van der Waals surface area contributed by atoms with E-state index in [2.05, 4.69) is 10.3 Å². The second-order valence-corrected chi connectivity index (χ2v) is 7.03. The molecule has 0 aliphatic carbocycles. The van der Waals surface area contributed by atoms with Crippen LogP contribution in [-0.4, -0.2) is 15.5 Å². The van der Waals surface area contributed by atoms with Gasteiger partial charge in [0.05, 0.1) is 10.9 Å². The Morgan fingerprint density at radius 1 is 0.903 bits per heavy atom. The van der Waals surface area contributed by atoms with Gasteiger partial charge in [0.1, 0.15) is 12.4 Å². The van der Waals surface area contributed by atoms with Gasteiger partial charge in [0.15, 0.2) is 0 Å². The molecule has 0 atom stereocenters. The minimum absolute atomic E-state index is 0.00636. The van der Waals surface area contributed by atoms with E-state index in [-0.39, 0.29) is 18.9 Å². The number of para-hydroxylation sites is 1. The first-order chi connectivity index (χ1) is 15.1. The third kappa shape index (κ3) is 4.90. The number of carbonyl (C=O) groups is 1. The van der Waals surface area contributed by atoms with Gasteiger partial charge in [-0.2, -0.15) is 0 Å². The van der Waals surface area contributed by atoms with Crippen LogP contribution in [0.25, 0.3) is 10.9 Å². The van der Waals surface area contributed by atoms with Crippen LogP contribution in [0.3, 0.4) is 0 Å². The number of benzene rings is 3. The molecule has 0 saturated heterocycles. The number of carbonyl (C=O) groups excluding carboxylic acids is 1. The number of ether oxygens (including phenoxy) is 1. The standard InChI is InChI=1S/C24H21N3O4/c28-22(14-15-27-23(29)20-8-4-5-9-21(20)26-24(27)30)25-18-10-12-19(13-11-18)31-16-17-6-2-1-3-7-17/h1-13H,14-16H2,(H,25,28)(H,26,30). The summed E-state index contributed by atoms with van der Waals surface area (Å²) in [6.45, 7) is 0.449. The number of aromatic nitrogens is 2. The van der Waals surface area contributed by atoms with Crippen molar-refractivity contribution in [2.24, 2.45) is 0 Å². The second kappa shape index (κ2) is 9.13. The van der Waals surface area contributed by atoms with Crippen molar-refractivity contribution in [3.05, 3.63) is 105 Å². The van der Waals surface area contributed by atoms with E-state index in [0.29, 0.717) is 28.9 Å². The van der Waals surface area contributed by atoms with E-state index in [4.69, 9.17) is 4.74 Å². The maximum Gasteiger partial charge on any atom is 0.328 e. The fourth-order valence-electron chi connectivity index (χ4n) is 3.21. The number of fused-ring (bicyclic) bond motifs is 1. The summed E-state index contributed by atoms with van der Waals surface area (Å²) in [4.78, 5) is 39.7. The van der Waals surface area contributed by atoms with Crippen LogP contribution in [0, 0.1) is 0 Å². The zero-order valence-corrected chi connectivity index (χ0v) is 16.7. The molecule has 7 nitrogen and oxygen atoms in total. The van der Waals surface area contributed by atoms with E-state index in [1.165, 1.54) is 0 Å². The van der Waals surface area contributed by atoms with E-state index in [0.717, 1.165) is 10.1 Å². The Labute approximate surface area is 177 Å². The number of hydrogen-bond donors (Lipinski definition) is 2. The van der Waals surface area contributed by atoms with Crippen LogP contribution < -0.4 is 21.3 Å². The summed E-state index contributed by atoms with van der Waals surface area (Å²) >= 11 is 0. The third-order valence-electron chi connectivity index (χ3n) is 4.84. The van der Waals surface area contributed by atoms with E-state index >= 15 is 0 Å². The first-order valence-corrected chi connectivity index (χ1v) is 9.89. The highest BCUT2D eigenvalue weighted by molar-refractivity contribution is 5.90. The maximum atomic E-state index is 12.5. The summed E-state index contributed by atoms with van der Waals surface area (Å²) in [7, 11) is 0. The molecule has 156 valence electrons. The highest BCUT2D eigenvalue weighted by Crippen LogP contribution is 2.17. The Morgan fingerprint density at radius 2 is 1.61 bits per heavy atom. The van der Waals surface area contributed by atoms with Crippen LogP contribution in [0.2, 0.25) is 0 Å². The minimum atomic E-state index is -0.531. The molecule has 1 aromatic heterocycles. The molecule has 7 heteroatoms. The fourth-order valence-corrected chi connectivity index (χ4v) is 3.21. The van der Waals surface area contributed by atoms with Crippen molar-refractivity contribution >= 4 is 22.5 Å². The number of aromatic amines is 1. The van der Waals surface area contributed by atoms with Crippen LogP contribution >= 0.6 is 0 Å². The highest BCUT2D eigenvalue weighted by Gasteiger charge is 2.10. The SMILES string of the molecule is O=C(CCn1c(=O)[nH]c2ccccc2c1=O)Nc1ccc(OCc2ccccc2)cc1. The molecule has 0 radical (unpaired) electrons. The van der Waals surface area contributed by atoms with Gasteiger partial charge >= 0.3 is 5.69 Å². The first-order valence-electron chi connectivity index (χ1n) is 9.89. The van der Waals surface area contributed by atoms with Crippen molar-refractivity contribution in [1.82, 2.24) is 9.55 Å². The molecule has 4 aromatic rings. The van der Waals surface area contributed by atoms with Crippen LogP contribution in [0.15, 0.2) is 88.5 Å². The van der Waals surface area contributed by atoms with Gasteiger partial charge in [0, 0.05) is 18.7 Å². The molecular formula is C24H21N3O4. The lowest BCUT2D eigenvalue weighted by Crippen LogP contribution is -2.36. The summed E-state index contributed by atoms with van der Waals surface area (Å²) in [5, 5.41) is 3.18. The smallest absolute Gasteiger partial charge is 0.328 e. The zero-order chi connectivity index (χ0) is 21.6. The predicted octanol–water partition coefficient (Wildman–Crippen LogP) is 3.30. The quantitative estimate of drug-likeness (QED) is 0.484. The van der Waals surface area contributed by atoms with Crippen molar-refractivity contribution in [3.63, 3.8) is 0 Å². The van der Waals surface area contributed by atoms with E-state index < -0.39 is 11.2 Å². The van der Waals surface area contributed by atoms with Crippen molar-refractivity contribution in [3.8, 4) is 5.75 Å². The average Bonchev–Trinajstić information content (AvgIpc) is 2.79. The summed E-state index contributed by atoms with van der Waals surface area (Å²) in [6.07, 6.45) is -0.00636. The number of amides is 1. The van der Waals surface area contributed by atoms with Crippen molar-refractivity contribution in [2.45, 2.75) is 19.6 Å². The molecule has 0 aliphatic heterocycles. The Kier molecular flexibility index (Phi) is 5.93. The number of nitrogens with one attached hydrogen (secondary N) is 2. The molecule has 0 spiro atoms. The van der Waals surface area contributed by atoms with Gasteiger partial charge in [-0.15, -0.1) is 0 Å². The van der Waals surface area contributed by atoms with Gasteiger partial charge in [-0.3, -0.25) is 14.2 Å². The third-order valence-corrected chi connectivity index (χ3v) is 4.84. The van der Waals surface area contributed by atoms with Gasteiger partial charge in [-0.25, -0.2) is 4.79 Å². The maximum absolute atomic E-state index is 12.5. The van der Waals surface area contributed by atoms with Crippen LogP contribution in [0.5, 0.6) is 5.75 Å². The Bertz CT molecular complexity index is 1310. The lowest BCUT2D eigenvalue weighted by molar-refractivity contribution is -0.116. The van der Waals surface area contributed by atoms with Gasteiger partial charge in [-0.1, -0.05) is 42.5 Å². The summed E-state index contributed by atoms with van der Waals surface area (Å²) in [5.41, 5.74) is 1.21. The molecule has 2 N–H and O–H groups in total. The molecule has 1 amide bonds. The van der Waals surface area contributed by atoms with Crippen molar-refractivity contribution in [1.29, 1.82) is 0 Å². The van der Waals surface area contributed by atoms with E-state index in [9.17, 15) is 14.4 Å². The normalized spacial score (nSPS) is 10.7. The monoisotopic (exact) mass is 415 g/mol.